The maximum Gasteiger partial charge on any atom is 0.177 e. The van der Waals surface area contributed by atoms with Crippen molar-refractivity contribution in [3.8, 4) is 0 Å². The zero-order valence-corrected chi connectivity index (χ0v) is 11.2. The van der Waals surface area contributed by atoms with Gasteiger partial charge in [-0.3, -0.25) is 14.3 Å². The van der Waals surface area contributed by atoms with Crippen molar-refractivity contribution < 1.29 is 14.0 Å². The second kappa shape index (κ2) is 4.37. The fourth-order valence-corrected chi connectivity index (χ4v) is 2.72. The molecule has 1 atom stereocenters. The minimum Gasteiger partial charge on any atom is -0.293 e. The van der Waals surface area contributed by atoms with E-state index < -0.39 is 11.7 Å². The number of Topliss-reactive ketones (excluding diaryl/α,β-unsaturated/α-hetero) is 2. The number of aryl methyl sites for hydroxylation is 2. The van der Waals surface area contributed by atoms with E-state index in [4.69, 9.17) is 0 Å². The van der Waals surface area contributed by atoms with Crippen LogP contribution >= 0.6 is 0 Å². The van der Waals surface area contributed by atoms with Gasteiger partial charge in [-0.05, 0) is 25.0 Å². The van der Waals surface area contributed by atoms with Crippen LogP contribution in [-0.2, 0) is 13.5 Å². The van der Waals surface area contributed by atoms with Crippen LogP contribution in [0.25, 0.3) is 0 Å². The third-order valence-electron chi connectivity index (χ3n) is 3.70. The number of rotatable bonds is 2. The summed E-state index contributed by atoms with van der Waals surface area (Å²) in [6.07, 6.45) is 1.73. The summed E-state index contributed by atoms with van der Waals surface area (Å²) in [7, 11) is 1.72. The van der Waals surface area contributed by atoms with Gasteiger partial charge >= 0.3 is 0 Å². The number of nitrogens with zero attached hydrogens (tertiary/aromatic N) is 2. The Hall–Kier alpha value is -2.30. The third kappa shape index (κ3) is 1.78. The molecule has 3 rings (SSSR count). The highest BCUT2D eigenvalue weighted by Crippen LogP contribution is 2.31. The van der Waals surface area contributed by atoms with Crippen molar-refractivity contribution in [3.05, 3.63) is 52.6 Å². The van der Waals surface area contributed by atoms with Gasteiger partial charge in [-0.15, -0.1) is 0 Å². The summed E-state index contributed by atoms with van der Waals surface area (Å²) in [6, 6.07) is 4.38. The Balaban J connectivity index is 1.98. The number of carbonyl (C=O) groups is 2. The summed E-state index contributed by atoms with van der Waals surface area (Å²) in [6.45, 7) is 1.72. The van der Waals surface area contributed by atoms with E-state index in [2.05, 4.69) is 5.10 Å². The van der Waals surface area contributed by atoms with Gasteiger partial charge in [0.25, 0.3) is 0 Å². The summed E-state index contributed by atoms with van der Waals surface area (Å²) in [5.74, 6) is -1.83. The first-order valence-corrected chi connectivity index (χ1v) is 6.35. The molecule has 1 unspecified atom stereocenters. The molecule has 1 aromatic carbocycles. The van der Waals surface area contributed by atoms with Crippen LogP contribution in [0.4, 0.5) is 4.39 Å². The number of hydrogen-bond donors (Lipinski definition) is 0. The summed E-state index contributed by atoms with van der Waals surface area (Å²) in [5, 5.41) is 4.11. The van der Waals surface area contributed by atoms with E-state index in [0.717, 1.165) is 0 Å². The molecule has 0 radical (unpaired) electrons. The fraction of sp³-hybridized carbons (Fsp3) is 0.267. The molecule has 0 saturated heterocycles. The van der Waals surface area contributed by atoms with Crippen LogP contribution in [0.2, 0.25) is 0 Å². The van der Waals surface area contributed by atoms with E-state index in [1.54, 1.807) is 26.2 Å². The molecule has 0 aliphatic heterocycles. The van der Waals surface area contributed by atoms with Gasteiger partial charge in [-0.1, -0.05) is 12.1 Å². The maximum absolute atomic E-state index is 13.7. The highest BCUT2D eigenvalue weighted by Gasteiger charge is 2.38. The predicted molar refractivity (Wildman–Crippen MR) is 70.2 cm³/mol. The van der Waals surface area contributed by atoms with Crippen LogP contribution in [0.15, 0.2) is 24.4 Å². The Kier molecular flexibility index (Phi) is 2.78. The molecule has 1 heterocycles. The Morgan fingerprint density at radius 1 is 1.45 bits per heavy atom. The van der Waals surface area contributed by atoms with Gasteiger partial charge in [-0.25, -0.2) is 4.39 Å². The molecule has 5 heteroatoms. The highest BCUT2D eigenvalue weighted by molar-refractivity contribution is 6.18. The number of carbonyl (C=O) groups excluding carboxylic acids is 2. The van der Waals surface area contributed by atoms with Gasteiger partial charge in [0, 0.05) is 18.8 Å². The van der Waals surface area contributed by atoms with Crippen LogP contribution in [-0.4, -0.2) is 21.3 Å². The van der Waals surface area contributed by atoms with Crippen LogP contribution < -0.4 is 0 Å². The monoisotopic (exact) mass is 272 g/mol. The Morgan fingerprint density at radius 3 is 2.80 bits per heavy atom. The molecular weight excluding hydrogens is 259 g/mol. The zero-order chi connectivity index (χ0) is 14.4. The number of aromatic nitrogens is 2. The van der Waals surface area contributed by atoms with Gasteiger partial charge in [0.05, 0.1) is 17.2 Å². The van der Waals surface area contributed by atoms with Crippen molar-refractivity contribution in [1.82, 2.24) is 9.78 Å². The second-order valence-electron chi connectivity index (χ2n) is 5.05. The number of benzene rings is 1. The van der Waals surface area contributed by atoms with Gasteiger partial charge < -0.3 is 0 Å². The van der Waals surface area contributed by atoms with Crippen LogP contribution in [0.5, 0.6) is 0 Å². The number of halogens is 1. The van der Waals surface area contributed by atoms with Crippen LogP contribution in [0.1, 0.15) is 32.0 Å². The van der Waals surface area contributed by atoms with Gasteiger partial charge in [0.15, 0.2) is 11.6 Å². The second-order valence-corrected chi connectivity index (χ2v) is 5.05. The van der Waals surface area contributed by atoms with E-state index >= 15 is 0 Å². The number of fused-ring (bicyclic) bond motifs is 1. The fourth-order valence-electron chi connectivity index (χ4n) is 2.72. The van der Waals surface area contributed by atoms with E-state index in [1.165, 1.54) is 16.8 Å². The average Bonchev–Trinajstić information content (AvgIpc) is 2.91. The normalized spacial score (nSPS) is 17.4. The van der Waals surface area contributed by atoms with Crippen LogP contribution in [0, 0.1) is 18.7 Å². The molecule has 0 spiro atoms. The first-order chi connectivity index (χ1) is 9.49. The molecule has 0 N–H and O–H groups in total. The SMILES string of the molecule is Cc1nn(C)cc1C(=O)C1Cc2c(F)cccc2C1=O. The first kappa shape index (κ1) is 12.7. The largest absolute Gasteiger partial charge is 0.293 e. The molecule has 0 bridgehead atoms. The van der Waals surface area contributed by atoms with Crippen molar-refractivity contribution in [2.75, 3.05) is 0 Å². The van der Waals surface area contributed by atoms with E-state index in [1.807, 2.05) is 0 Å². The van der Waals surface area contributed by atoms with E-state index in [9.17, 15) is 14.0 Å². The average molecular weight is 272 g/mol. The Morgan fingerprint density at radius 2 is 2.20 bits per heavy atom. The lowest BCUT2D eigenvalue weighted by molar-refractivity contribution is 0.0822. The highest BCUT2D eigenvalue weighted by atomic mass is 19.1. The van der Waals surface area contributed by atoms with Gasteiger partial charge in [-0.2, -0.15) is 5.10 Å². The molecule has 1 aliphatic carbocycles. The topological polar surface area (TPSA) is 52.0 Å². The molecule has 2 aromatic rings. The van der Waals surface area contributed by atoms with Crippen molar-refractivity contribution in [3.63, 3.8) is 0 Å². The lowest BCUT2D eigenvalue weighted by Gasteiger charge is -2.05. The molecule has 4 nitrogen and oxygen atoms in total. The Bertz CT molecular complexity index is 733. The molecule has 20 heavy (non-hydrogen) atoms. The molecule has 1 aliphatic rings. The summed E-state index contributed by atoms with van der Waals surface area (Å²) in [4.78, 5) is 24.7. The van der Waals surface area contributed by atoms with Crippen molar-refractivity contribution in [2.24, 2.45) is 13.0 Å². The summed E-state index contributed by atoms with van der Waals surface area (Å²) < 4.78 is 15.2. The maximum atomic E-state index is 13.7. The first-order valence-electron chi connectivity index (χ1n) is 6.35. The third-order valence-corrected chi connectivity index (χ3v) is 3.70. The molecule has 0 saturated carbocycles. The molecular formula is C15H13FN2O2. The van der Waals surface area contributed by atoms with Gasteiger partial charge in [0.2, 0.25) is 0 Å². The van der Waals surface area contributed by atoms with Crippen molar-refractivity contribution >= 4 is 11.6 Å². The van der Waals surface area contributed by atoms with E-state index in [-0.39, 0.29) is 18.0 Å². The number of hydrogen-bond acceptors (Lipinski definition) is 3. The summed E-state index contributed by atoms with van der Waals surface area (Å²) >= 11 is 0. The van der Waals surface area contributed by atoms with Crippen molar-refractivity contribution in [2.45, 2.75) is 13.3 Å². The summed E-state index contributed by atoms with van der Waals surface area (Å²) in [5.41, 5.74) is 1.68. The number of ketones is 2. The molecule has 1 aromatic heterocycles. The van der Waals surface area contributed by atoms with Crippen molar-refractivity contribution in [1.29, 1.82) is 0 Å². The lowest BCUT2D eigenvalue weighted by Crippen LogP contribution is -2.21. The molecule has 0 amide bonds. The molecule has 102 valence electrons. The quantitative estimate of drug-likeness (QED) is 0.621. The minimum atomic E-state index is -0.829. The standard InChI is InChI=1S/C15H13FN2O2/c1-8-12(7-18(2)17-8)15(20)11-6-10-9(14(11)19)4-3-5-13(10)16/h3-5,7,11H,6H2,1-2H3. The smallest absolute Gasteiger partial charge is 0.177 e. The lowest BCUT2D eigenvalue weighted by atomic mass is 9.94. The molecule has 0 fully saturated rings. The predicted octanol–water partition coefficient (Wildman–Crippen LogP) is 2.11. The minimum absolute atomic E-state index is 0.133. The van der Waals surface area contributed by atoms with E-state index in [0.29, 0.717) is 22.4 Å². The van der Waals surface area contributed by atoms with Crippen LogP contribution in [0.3, 0.4) is 0 Å². The zero-order valence-electron chi connectivity index (χ0n) is 11.2. The Labute approximate surface area is 115 Å². The van der Waals surface area contributed by atoms with Gasteiger partial charge in [0.1, 0.15) is 5.82 Å².